The van der Waals surface area contributed by atoms with E-state index in [-0.39, 0.29) is 24.8 Å². The van der Waals surface area contributed by atoms with E-state index < -0.39 is 5.97 Å². The molecule has 1 fully saturated rings. The van der Waals surface area contributed by atoms with Gasteiger partial charge in [0.1, 0.15) is 0 Å². The summed E-state index contributed by atoms with van der Waals surface area (Å²) in [5, 5.41) is 1.67. The van der Waals surface area contributed by atoms with Crippen molar-refractivity contribution >= 4 is 34.2 Å². The number of hydrogen-bond acceptors (Lipinski definition) is 5. The molecule has 6 heteroatoms. The summed E-state index contributed by atoms with van der Waals surface area (Å²) in [5.74, 6) is -1.14. The van der Waals surface area contributed by atoms with Gasteiger partial charge >= 0.3 is 5.97 Å². The summed E-state index contributed by atoms with van der Waals surface area (Å²) in [6, 6.07) is 9.40. The first kappa shape index (κ1) is 17.5. The second-order valence-electron chi connectivity index (χ2n) is 7.00. The average molecular weight is 366 g/mol. The van der Waals surface area contributed by atoms with Crippen LogP contribution in [0.15, 0.2) is 30.3 Å². The number of imide groups is 1. The molecule has 2 aromatic carbocycles. The van der Waals surface area contributed by atoms with E-state index in [1.807, 2.05) is 24.3 Å². The molecule has 2 aromatic rings. The van der Waals surface area contributed by atoms with Crippen LogP contribution >= 0.6 is 0 Å². The van der Waals surface area contributed by atoms with E-state index in [0.29, 0.717) is 11.1 Å². The smallest absolute Gasteiger partial charge is 0.307 e. The monoisotopic (exact) mass is 366 g/mol. The van der Waals surface area contributed by atoms with Crippen LogP contribution in [0.2, 0.25) is 0 Å². The van der Waals surface area contributed by atoms with Gasteiger partial charge in [0.15, 0.2) is 0 Å². The molecule has 2 amide bonds. The summed E-state index contributed by atoms with van der Waals surface area (Å²) < 4.78 is 4.63. The zero-order valence-corrected chi connectivity index (χ0v) is 15.4. The third-order valence-corrected chi connectivity index (χ3v) is 5.43. The topological polar surface area (TPSA) is 66.9 Å². The van der Waals surface area contributed by atoms with Gasteiger partial charge in [-0.25, -0.2) is 0 Å². The summed E-state index contributed by atoms with van der Waals surface area (Å²) in [4.78, 5) is 40.8. The van der Waals surface area contributed by atoms with Crippen LogP contribution in [0.5, 0.6) is 0 Å². The van der Waals surface area contributed by atoms with E-state index in [0.717, 1.165) is 47.3 Å². The number of amides is 2. The third-order valence-electron chi connectivity index (χ3n) is 5.43. The Hall–Kier alpha value is -2.89. The zero-order valence-electron chi connectivity index (χ0n) is 15.4. The molecular weight excluding hydrogens is 344 g/mol. The summed E-state index contributed by atoms with van der Waals surface area (Å²) in [6.07, 6.45) is 3.54. The van der Waals surface area contributed by atoms with Gasteiger partial charge in [-0.15, -0.1) is 0 Å². The van der Waals surface area contributed by atoms with Crippen LogP contribution in [-0.4, -0.2) is 49.4 Å². The van der Waals surface area contributed by atoms with Gasteiger partial charge in [0.25, 0.3) is 11.8 Å². The van der Waals surface area contributed by atoms with Gasteiger partial charge in [0.2, 0.25) is 0 Å². The number of rotatable bonds is 4. The zero-order chi connectivity index (χ0) is 19.0. The number of nitrogens with zero attached hydrogens (tertiary/aromatic N) is 2. The van der Waals surface area contributed by atoms with Gasteiger partial charge < -0.3 is 9.64 Å². The average Bonchev–Trinajstić information content (AvgIpc) is 2.71. The summed E-state index contributed by atoms with van der Waals surface area (Å²) in [6.45, 7) is 2.01. The largest absolute Gasteiger partial charge is 0.469 e. The maximum Gasteiger partial charge on any atom is 0.307 e. The molecule has 4 rings (SSSR count). The Morgan fingerprint density at radius 3 is 2.41 bits per heavy atom. The molecule has 0 spiro atoms. The second kappa shape index (κ2) is 7.02. The highest BCUT2D eigenvalue weighted by Gasteiger charge is 2.33. The number of ether oxygens (including phenoxy) is 1. The molecule has 0 saturated carbocycles. The first-order chi connectivity index (χ1) is 13.1. The summed E-state index contributed by atoms with van der Waals surface area (Å²) in [5.41, 5.74) is 2.12. The number of esters is 1. The number of carbonyl (C=O) groups is 3. The second-order valence-corrected chi connectivity index (χ2v) is 7.00. The molecule has 0 radical (unpaired) electrons. The van der Waals surface area contributed by atoms with Crippen molar-refractivity contribution < 1.29 is 19.1 Å². The molecule has 27 heavy (non-hydrogen) atoms. The molecule has 0 aromatic heterocycles. The molecule has 6 nitrogen and oxygen atoms in total. The van der Waals surface area contributed by atoms with Crippen LogP contribution in [0.4, 0.5) is 5.69 Å². The van der Waals surface area contributed by atoms with Crippen molar-refractivity contribution in [2.75, 3.05) is 31.6 Å². The van der Waals surface area contributed by atoms with Crippen LogP contribution in [0.25, 0.3) is 10.8 Å². The number of anilines is 1. The standard InChI is InChI=1S/C21H22N2O4/c1-27-18(24)10-13-23-20(25)15-7-5-6-14-17(22-11-3-2-4-12-22)9-8-16(19(14)15)21(23)26/h5-9H,2-4,10-13H2,1H3. The molecule has 2 aliphatic heterocycles. The lowest BCUT2D eigenvalue weighted by molar-refractivity contribution is -0.140. The SMILES string of the molecule is COC(=O)CCN1C(=O)c2cccc3c(N4CCCCC4)ccc(c23)C1=O. The molecule has 140 valence electrons. The molecule has 0 atom stereocenters. The van der Waals surface area contributed by atoms with Crippen LogP contribution in [0, 0.1) is 0 Å². The maximum atomic E-state index is 12.9. The van der Waals surface area contributed by atoms with Crippen LogP contribution in [0.3, 0.4) is 0 Å². The van der Waals surface area contributed by atoms with Crippen molar-refractivity contribution in [3.8, 4) is 0 Å². The first-order valence-corrected chi connectivity index (χ1v) is 9.35. The van der Waals surface area contributed by atoms with Crippen molar-refractivity contribution in [1.82, 2.24) is 4.90 Å². The Bertz CT molecular complexity index is 909. The van der Waals surface area contributed by atoms with E-state index in [9.17, 15) is 14.4 Å². The van der Waals surface area contributed by atoms with E-state index in [4.69, 9.17) is 0 Å². The number of benzene rings is 2. The Labute approximate surface area is 157 Å². The third kappa shape index (κ3) is 2.95. The number of methoxy groups -OCH3 is 1. The van der Waals surface area contributed by atoms with Crippen molar-refractivity contribution in [1.29, 1.82) is 0 Å². The van der Waals surface area contributed by atoms with Gasteiger partial charge in [0, 0.05) is 47.2 Å². The fourth-order valence-electron chi connectivity index (χ4n) is 4.05. The first-order valence-electron chi connectivity index (χ1n) is 9.35. The fraction of sp³-hybridized carbons (Fsp3) is 0.381. The summed E-state index contributed by atoms with van der Waals surface area (Å²) >= 11 is 0. The van der Waals surface area contributed by atoms with Gasteiger partial charge in [0.05, 0.1) is 13.5 Å². The highest BCUT2D eigenvalue weighted by Crippen LogP contribution is 2.36. The molecule has 2 heterocycles. The fourth-order valence-corrected chi connectivity index (χ4v) is 4.05. The van der Waals surface area contributed by atoms with E-state index in [2.05, 4.69) is 9.64 Å². The normalized spacial score (nSPS) is 16.8. The Morgan fingerprint density at radius 2 is 1.70 bits per heavy atom. The minimum absolute atomic E-state index is 0.00878. The lowest BCUT2D eigenvalue weighted by Crippen LogP contribution is -2.41. The number of carbonyl (C=O) groups excluding carboxylic acids is 3. The van der Waals surface area contributed by atoms with Crippen molar-refractivity contribution in [2.45, 2.75) is 25.7 Å². The Morgan fingerprint density at radius 1 is 1.00 bits per heavy atom. The minimum Gasteiger partial charge on any atom is -0.469 e. The van der Waals surface area contributed by atoms with Crippen LogP contribution < -0.4 is 4.90 Å². The number of piperidine rings is 1. The van der Waals surface area contributed by atoms with Gasteiger partial charge in [-0.2, -0.15) is 0 Å². The van der Waals surface area contributed by atoms with Gasteiger partial charge in [-0.1, -0.05) is 12.1 Å². The molecule has 0 aliphatic carbocycles. The van der Waals surface area contributed by atoms with Crippen molar-refractivity contribution in [2.24, 2.45) is 0 Å². The highest BCUT2D eigenvalue weighted by molar-refractivity contribution is 6.26. The highest BCUT2D eigenvalue weighted by atomic mass is 16.5. The van der Waals surface area contributed by atoms with Gasteiger partial charge in [-0.05, 0) is 37.5 Å². The van der Waals surface area contributed by atoms with Crippen LogP contribution in [-0.2, 0) is 9.53 Å². The maximum absolute atomic E-state index is 12.9. The lowest BCUT2D eigenvalue weighted by atomic mass is 9.92. The number of hydrogen-bond donors (Lipinski definition) is 0. The van der Waals surface area contributed by atoms with Gasteiger partial charge in [-0.3, -0.25) is 19.3 Å². The lowest BCUT2D eigenvalue weighted by Gasteiger charge is -2.32. The van der Waals surface area contributed by atoms with E-state index in [1.165, 1.54) is 13.5 Å². The summed E-state index contributed by atoms with van der Waals surface area (Å²) in [7, 11) is 1.29. The molecule has 0 unspecified atom stereocenters. The Balaban J connectivity index is 1.77. The predicted octanol–water partition coefficient (Wildman–Crippen LogP) is 2.99. The van der Waals surface area contributed by atoms with E-state index in [1.54, 1.807) is 6.07 Å². The van der Waals surface area contributed by atoms with E-state index >= 15 is 0 Å². The minimum atomic E-state index is -0.444. The predicted molar refractivity (Wildman–Crippen MR) is 102 cm³/mol. The van der Waals surface area contributed by atoms with Crippen LogP contribution in [0.1, 0.15) is 46.4 Å². The molecule has 2 aliphatic rings. The molecule has 0 N–H and O–H groups in total. The molecule has 1 saturated heterocycles. The quantitative estimate of drug-likeness (QED) is 0.615. The molecular formula is C21H22N2O4. The van der Waals surface area contributed by atoms with Crippen molar-refractivity contribution in [3.05, 3.63) is 41.5 Å². The molecule has 0 bridgehead atoms. The Kier molecular flexibility index (Phi) is 4.56. The van der Waals surface area contributed by atoms with Crippen molar-refractivity contribution in [3.63, 3.8) is 0 Å².